The molecule has 2 heteroatoms. The zero-order valence-electron chi connectivity index (χ0n) is 12.4. The molecule has 1 heterocycles. The van der Waals surface area contributed by atoms with E-state index < -0.39 is 0 Å². The van der Waals surface area contributed by atoms with Crippen molar-refractivity contribution in [2.45, 2.75) is 45.2 Å². The topological polar surface area (TPSA) is 15.3 Å². The van der Waals surface area contributed by atoms with Gasteiger partial charge in [0, 0.05) is 37.6 Å². The van der Waals surface area contributed by atoms with Gasteiger partial charge in [0.1, 0.15) is 0 Å². The SMILES string of the molecule is CC(C)C1CN(CC2Cc3ccccc32)C(C)CN1. The molecular weight excluding hydrogens is 232 g/mol. The van der Waals surface area contributed by atoms with Crippen molar-refractivity contribution in [2.75, 3.05) is 19.6 Å². The summed E-state index contributed by atoms with van der Waals surface area (Å²) in [6, 6.07) is 10.3. The summed E-state index contributed by atoms with van der Waals surface area (Å²) in [5.41, 5.74) is 3.16. The second-order valence-corrected chi connectivity index (χ2v) is 6.66. The van der Waals surface area contributed by atoms with E-state index in [2.05, 4.69) is 55.3 Å². The zero-order chi connectivity index (χ0) is 13.4. The average molecular weight is 258 g/mol. The first-order valence-corrected chi connectivity index (χ1v) is 7.70. The summed E-state index contributed by atoms with van der Waals surface area (Å²) in [4.78, 5) is 2.70. The van der Waals surface area contributed by atoms with Crippen molar-refractivity contribution in [3.63, 3.8) is 0 Å². The highest BCUT2D eigenvalue weighted by Gasteiger charge is 2.32. The van der Waals surface area contributed by atoms with E-state index in [1.54, 1.807) is 11.1 Å². The van der Waals surface area contributed by atoms with E-state index in [0.29, 0.717) is 12.1 Å². The van der Waals surface area contributed by atoms with Crippen LogP contribution in [0.2, 0.25) is 0 Å². The van der Waals surface area contributed by atoms with Crippen molar-refractivity contribution in [3.05, 3.63) is 35.4 Å². The van der Waals surface area contributed by atoms with Gasteiger partial charge in [0.15, 0.2) is 0 Å². The van der Waals surface area contributed by atoms with E-state index in [4.69, 9.17) is 0 Å². The Balaban J connectivity index is 1.63. The van der Waals surface area contributed by atoms with E-state index in [1.165, 1.54) is 19.5 Å². The van der Waals surface area contributed by atoms with Gasteiger partial charge in [-0.2, -0.15) is 0 Å². The molecule has 0 aromatic heterocycles. The number of benzene rings is 1. The molecule has 1 N–H and O–H groups in total. The van der Waals surface area contributed by atoms with Gasteiger partial charge in [-0.05, 0) is 30.4 Å². The summed E-state index contributed by atoms with van der Waals surface area (Å²) in [5, 5.41) is 3.69. The lowest BCUT2D eigenvalue weighted by molar-refractivity contribution is 0.113. The number of rotatable bonds is 3. The quantitative estimate of drug-likeness (QED) is 0.896. The minimum absolute atomic E-state index is 0.659. The van der Waals surface area contributed by atoms with Gasteiger partial charge in [-0.1, -0.05) is 38.1 Å². The molecule has 0 spiro atoms. The molecule has 0 amide bonds. The maximum absolute atomic E-state index is 3.69. The maximum Gasteiger partial charge on any atom is 0.0218 e. The Hall–Kier alpha value is -0.860. The van der Waals surface area contributed by atoms with Crippen LogP contribution in [0.1, 0.15) is 37.8 Å². The first kappa shape index (κ1) is 13.1. The number of fused-ring (bicyclic) bond motifs is 1. The highest BCUT2D eigenvalue weighted by Crippen LogP contribution is 2.35. The Morgan fingerprint density at radius 3 is 2.84 bits per heavy atom. The number of nitrogens with zero attached hydrogens (tertiary/aromatic N) is 1. The summed E-state index contributed by atoms with van der Waals surface area (Å²) < 4.78 is 0. The largest absolute Gasteiger partial charge is 0.311 e. The molecule has 3 rings (SSSR count). The normalized spacial score (nSPS) is 31.1. The van der Waals surface area contributed by atoms with Crippen molar-refractivity contribution in [1.29, 1.82) is 0 Å². The Bertz CT molecular complexity index is 441. The molecule has 3 atom stereocenters. The first-order valence-electron chi connectivity index (χ1n) is 7.70. The van der Waals surface area contributed by atoms with Crippen molar-refractivity contribution in [3.8, 4) is 0 Å². The second kappa shape index (κ2) is 5.26. The highest BCUT2D eigenvalue weighted by molar-refractivity contribution is 5.40. The predicted octanol–water partition coefficient (Wildman–Crippen LogP) is 2.64. The molecule has 1 aromatic carbocycles. The third-order valence-corrected chi connectivity index (χ3v) is 4.95. The Morgan fingerprint density at radius 1 is 1.32 bits per heavy atom. The van der Waals surface area contributed by atoms with Crippen molar-refractivity contribution < 1.29 is 0 Å². The van der Waals surface area contributed by atoms with Gasteiger partial charge in [-0.15, -0.1) is 0 Å². The van der Waals surface area contributed by atoms with Gasteiger partial charge in [-0.25, -0.2) is 0 Å². The molecule has 2 nitrogen and oxygen atoms in total. The number of nitrogens with one attached hydrogen (secondary N) is 1. The van der Waals surface area contributed by atoms with Gasteiger partial charge in [-0.3, -0.25) is 4.90 Å². The number of hydrogen-bond donors (Lipinski definition) is 1. The van der Waals surface area contributed by atoms with Crippen LogP contribution >= 0.6 is 0 Å². The van der Waals surface area contributed by atoms with Crippen LogP contribution < -0.4 is 5.32 Å². The molecule has 2 aliphatic rings. The monoisotopic (exact) mass is 258 g/mol. The van der Waals surface area contributed by atoms with Crippen LogP contribution in [0, 0.1) is 5.92 Å². The molecule has 3 unspecified atom stereocenters. The van der Waals surface area contributed by atoms with E-state index in [-0.39, 0.29) is 0 Å². The summed E-state index contributed by atoms with van der Waals surface area (Å²) in [6.45, 7) is 10.6. The van der Waals surface area contributed by atoms with Gasteiger partial charge in [0.25, 0.3) is 0 Å². The van der Waals surface area contributed by atoms with Crippen LogP contribution in [0.5, 0.6) is 0 Å². The van der Waals surface area contributed by atoms with Crippen molar-refractivity contribution in [1.82, 2.24) is 10.2 Å². The van der Waals surface area contributed by atoms with Gasteiger partial charge >= 0.3 is 0 Å². The minimum Gasteiger partial charge on any atom is -0.311 e. The van der Waals surface area contributed by atoms with Crippen LogP contribution in [0.3, 0.4) is 0 Å². The van der Waals surface area contributed by atoms with E-state index in [0.717, 1.165) is 18.4 Å². The Morgan fingerprint density at radius 2 is 2.11 bits per heavy atom. The smallest absolute Gasteiger partial charge is 0.0218 e. The first-order chi connectivity index (χ1) is 9.15. The lowest BCUT2D eigenvalue weighted by Crippen LogP contribution is -2.58. The molecule has 0 radical (unpaired) electrons. The van der Waals surface area contributed by atoms with Crippen LogP contribution in [-0.4, -0.2) is 36.6 Å². The molecule has 0 saturated carbocycles. The van der Waals surface area contributed by atoms with Crippen LogP contribution in [0.15, 0.2) is 24.3 Å². The van der Waals surface area contributed by atoms with Gasteiger partial charge < -0.3 is 5.32 Å². The summed E-state index contributed by atoms with van der Waals surface area (Å²) in [5.74, 6) is 1.49. The lowest BCUT2D eigenvalue weighted by Gasteiger charge is -2.44. The highest BCUT2D eigenvalue weighted by atomic mass is 15.2. The third-order valence-electron chi connectivity index (χ3n) is 4.95. The fourth-order valence-electron chi connectivity index (χ4n) is 3.46. The third kappa shape index (κ3) is 2.56. The molecule has 0 bridgehead atoms. The molecule has 19 heavy (non-hydrogen) atoms. The van der Waals surface area contributed by atoms with E-state index >= 15 is 0 Å². The fourth-order valence-corrected chi connectivity index (χ4v) is 3.46. The minimum atomic E-state index is 0.659. The number of hydrogen-bond acceptors (Lipinski definition) is 2. The molecule has 1 aliphatic heterocycles. The summed E-state index contributed by atoms with van der Waals surface area (Å²) in [7, 11) is 0. The second-order valence-electron chi connectivity index (χ2n) is 6.66. The molecule has 1 fully saturated rings. The molecule has 1 aliphatic carbocycles. The van der Waals surface area contributed by atoms with Gasteiger partial charge in [0.2, 0.25) is 0 Å². The van der Waals surface area contributed by atoms with Crippen LogP contribution in [-0.2, 0) is 6.42 Å². The lowest BCUT2D eigenvalue weighted by atomic mass is 9.77. The predicted molar refractivity (Wildman–Crippen MR) is 80.6 cm³/mol. The Kier molecular flexibility index (Phi) is 3.64. The van der Waals surface area contributed by atoms with E-state index in [9.17, 15) is 0 Å². The average Bonchev–Trinajstić information content (AvgIpc) is 2.37. The zero-order valence-corrected chi connectivity index (χ0v) is 12.4. The van der Waals surface area contributed by atoms with Crippen LogP contribution in [0.4, 0.5) is 0 Å². The summed E-state index contributed by atoms with van der Waals surface area (Å²) >= 11 is 0. The van der Waals surface area contributed by atoms with E-state index in [1.807, 2.05) is 0 Å². The fraction of sp³-hybridized carbons (Fsp3) is 0.647. The van der Waals surface area contributed by atoms with Crippen LogP contribution in [0.25, 0.3) is 0 Å². The molecule has 1 saturated heterocycles. The molecule has 1 aromatic rings. The molecular formula is C17H26N2. The number of piperazine rings is 1. The summed E-state index contributed by atoms with van der Waals surface area (Å²) in [6.07, 6.45) is 1.28. The standard InChI is InChI=1S/C17H26N2/c1-12(2)17-11-19(13(3)9-18-17)10-15-8-14-6-4-5-7-16(14)15/h4-7,12-13,15,17-18H,8-11H2,1-3H3. The molecule has 104 valence electrons. The Labute approximate surface area is 117 Å². The maximum atomic E-state index is 3.69. The van der Waals surface area contributed by atoms with Gasteiger partial charge in [0.05, 0.1) is 0 Å². The van der Waals surface area contributed by atoms with Crippen molar-refractivity contribution >= 4 is 0 Å². The van der Waals surface area contributed by atoms with Crippen molar-refractivity contribution in [2.24, 2.45) is 5.92 Å².